The number of anilines is 1. The lowest BCUT2D eigenvalue weighted by Gasteiger charge is -2.05. The molecule has 0 aliphatic heterocycles. The van der Waals surface area contributed by atoms with Crippen molar-refractivity contribution in [1.82, 2.24) is 0 Å². The van der Waals surface area contributed by atoms with Gasteiger partial charge in [-0.1, -0.05) is 6.07 Å². The zero-order chi connectivity index (χ0) is 14.4. The van der Waals surface area contributed by atoms with Gasteiger partial charge >= 0.3 is 0 Å². The number of carbonyl (C=O) groups is 1. The van der Waals surface area contributed by atoms with Gasteiger partial charge in [-0.05, 0) is 36.4 Å². The Bertz CT molecular complexity index is 587. The molecule has 5 heteroatoms. The molecule has 0 saturated carbocycles. The smallest absolute Gasteiger partial charge is 0.225 e. The van der Waals surface area contributed by atoms with E-state index in [0.29, 0.717) is 17.9 Å². The fourth-order valence-corrected chi connectivity index (χ4v) is 2.45. The van der Waals surface area contributed by atoms with Crippen LogP contribution in [0.4, 0.5) is 10.1 Å². The molecule has 0 radical (unpaired) electrons. The first-order chi connectivity index (χ1) is 9.63. The van der Waals surface area contributed by atoms with E-state index in [1.54, 1.807) is 30.3 Å². The van der Waals surface area contributed by atoms with Gasteiger partial charge < -0.3 is 10.4 Å². The second-order valence-electron chi connectivity index (χ2n) is 4.15. The Morgan fingerprint density at radius 2 is 1.95 bits per heavy atom. The number of thioether (sulfide) groups is 1. The Morgan fingerprint density at radius 1 is 1.20 bits per heavy atom. The molecule has 0 unspecified atom stereocenters. The molecule has 0 aliphatic carbocycles. The molecule has 0 atom stereocenters. The second kappa shape index (κ2) is 6.96. The summed E-state index contributed by atoms with van der Waals surface area (Å²) in [7, 11) is 0. The molecule has 104 valence electrons. The fourth-order valence-electron chi connectivity index (χ4n) is 1.60. The van der Waals surface area contributed by atoms with Crippen molar-refractivity contribution in [3.63, 3.8) is 0 Å². The van der Waals surface area contributed by atoms with Gasteiger partial charge in [0, 0.05) is 28.8 Å². The van der Waals surface area contributed by atoms with E-state index in [2.05, 4.69) is 5.32 Å². The summed E-state index contributed by atoms with van der Waals surface area (Å²) in [5.74, 6) is 0.334. The zero-order valence-corrected chi connectivity index (χ0v) is 11.5. The van der Waals surface area contributed by atoms with Crippen LogP contribution >= 0.6 is 11.8 Å². The van der Waals surface area contributed by atoms with Crippen LogP contribution in [0.3, 0.4) is 0 Å². The minimum atomic E-state index is -0.268. The number of benzene rings is 2. The van der Waals surface area contributed by atoms with Crippen LogP contribution in [0.5, 0.6) is 5.75 Å². The zero-order valence-electron chi connectivity index (χ0n) is 10.7. The molecule has 2 rings (SSSR count). The molecular weight excluding hydrogens is 277 g/mol. The number of halogens is 1. The van der Waals surface area contributed by atoms with Crippen molar-refractivity contribution >= 4 is 23.4 Å². The predicted molar refractivity (Wildman–Crippen MR) is 78.5 cm³/mol. The Balaban J connectivity index is 1.76. The lowest BCUT2D eigenvalue weighted by molar-refractivity contribution is -0.115. The van der Waals surface area contributed by atoms with Gasteiger partial charge in [0.1, 0.15) is 11.6 Å². The summed E-state index contributed by atoms with van der Waals surface area (Å²) in [6.45, 7) is 0. The molecule has 0 aromatic heterocycles. The van der Waals surface area contributed by atoms with Crippen molar-refractivity contribution in [2.24, 2.45) is 0 Å². The summed E-state index contributed by atoms with van der Waals surface area (Å²) in [5, 5.41) is 12.0. The quantitative estimate of drug-likeness (QED) is 0.827. The monoisotopic (exact) mass is 291 g/mol. The molecule has 2 N–H and O–H groups in total. The summed E-state index contributed by atoms with van der Waals surface area (Å²) in [6.07, 6.45) is 0.345. The van der Waals surface area contributed by atoms with Gasteiger partial charge in [-0.2, -0.15) is 0 Å². The van der Waals surface area contributed by atoms with Gasteiger partial charge in [0.05, 0.1) is 0 Å². The topological polar surface area (TPSA) is 49.3 Å². The van der Waals surface area contributed by atoms with E-state index in [1.807, 2.05) is 0 Å². The number of rotatable bonds is 5. The maximum Gasteiger partial charge on any atom is 0.225 e. The molecule has 2 aromatic carbocycles. The summed E-state index contributed by atoms with van der Waals surface area (Å²) in [6, 6.07) is 12.6. The van der Waals surface area contributed by atoms with Gasteiger partial charge in [0.2, 0.25) is 5.91 Å². The van der Waals surface area contributed by atoms with Gasteiger partial charge in [-0.3, -0.25) is 4.79 Å². The highest BCUT2D eigenvalue weighted by Gasteiger charge is 2.03. The Labute approximate surface area is 120 Å². The highest BCUT2D eigenvalue weighted by Crippen LogP contribution is 2.20. The Kier molecular flexibility index (Phi) is 5.01. The van der Waals surface area contributed by atoms with Crippen LogP contribution in [-0.4, -0.2) is 16.8 Å². The van der Waals surface area contributed by atoms with E-state index in [0.717, 1.165) is 4.90 Å². The maximum atomic E-state index is 12.7. The number of phenolic OH excluding ortho intramolecular Hbond substituents is 1. The number of phenols is 1. The van der Waals surface area contributed by atoms with Crippen molar-refractivity contribution < 1.29 is 14.3 Å². The molecule has 0 fully saturated rings. The number of aromatic hydroxyl groups is 1. The van der Waals surface area contributed by atoms with Gasteiger partial charge in [-0.15, -0.1) is 11.8 Å². The molecule has 1 amide bonds. The molecule has 3 nitrogen and oxygen atoms in total. The van der Waals surface area contributed by atoms with Crippen molar-refractivity contribution in [3.8, 4) is 5.75 Å². The molecule has 0 heterocycles. The van der Waals surface area contributed by atoms with E-state index < -0.39 is 0 Å². The van der Waals surface area contributed by atoms with Gasteiger partial charge in [0.25, 0.3) is 0 Å². The van der Waals surface area contributed by atoms with Crippen LogP contribution in [0, 0.1) is 5.82 Å². The summed E-state index contributed by atoms with van der Waals surface area (Å²) in [5.41, 5.74) is 0.571. The van der Waals surface area contributed by atoms with Crippen molar-refractivity contribution in [2.75, 3.05) is 11.1 Å². The molecule has 0 bridgehead atoms. The van der Waals surface area contributed by atoms with Crippen molar-refractivity contribution in [2.45, 2.75) is 11.3 Å². The minimum Gasteiger partial charge on any atom is -0.508 e. The van der Waals surface area contributed by atoms with Crippen molar-refractivity contribution in [1.29, 1.82) is 0 Å². The van der Waals surface area contributed by atoms with E-state index in [-0.39, 0.29) is 17.5 Å². The number of hydrogen-bond acceptors (Lipinski definition) is 3. The summed E-state index contributed by atoms with van der Waals surface area (Å²) >= 11 is 1.49. The molecule has 0 spiro atoms. The number of amides is 1. The SMILES string of the molecule is O=C(CCSc1ccc(F)cc1)Nc1cccc(O)c1. The predicted octanol–water partition coefficient (Wildman–Crippen LogP) is 3.65. The largest absolute Gasteiger partial charge is 0.508 e. The first-order valence-electron chi connectivity index (χ1n) is 6.11. The van der Waals surface area contributed by atoms with Crippen molar-refractivity contribution in [3.05, 3.63) is 54.3 Å². The first-order valence-corrected chi connectivity index (χ1v) is 7.09. The second-order valence-corrected chi connectivity index (χ2v) is 5.32. The fraction of sp³-hybridized carbons (Fsp3) is 0.133. The van der Waals surface area contributed by atoms with Crippen LogP contribution in [0.15, 0.2) is 53.4 Å². The number of carbonyl (C=O) groups excluding carboxylic acids is 1. The van der Waals surface area contributed by atoms with Crippen LogP contribution in [-0.2, 0) is 4.79 Å². The molecule has 0 saturated heterocycles. The number of hydrogen-bond donors (Lipinski definition) is 2. The lowest BCUT2D eigenvalue weighted by Crippen LogP contribution is -2.11. The highest BCUT2D eigenvalue weighted by atomic mass is 32.2. The highest BCUT2D eigenvalue weighted by molar-refractivity contribution is 7.99. The van der Waals surface area contributed by atoms with Crippen LogP contribution in [0.2, 0.25) is 0 Å². The molecular formula is C15H14FNO2S. The Hall–Kier alpha value is -2.01. The third-order valence-corrected chi connectivity index (χ3v) is 3.56. The average molecular weight is 291 g/mol. The normalized spacial score (nSPS) is 10.2. The van der Waals surface area contributed by atoms with E-state index in [9.17, 15) is 14.3 Å². The molecule has 0 aliphatic rings. The maximum absolute atomic E-state index is 12.7. The van der Waals surface area contributed by atoms with Gasteiger partial charge in [0.15, 0.2) is 0 Å². The Morgan fingerprint density at radius 3 is 2.65 bits per heavy atom. The standard InChI is InChI=1S/C15H14FNO2S/c16-11-4-6-14(7-5-11)20-9-8-15(19)17-12-2-1-3-13(18)10-12/h1-7,10,18H,8-9H2,(H,17,19). The first kappa shape index (κ1) is 14.4. The van der Waals surface area contributed by atoms with Crippen LogP contribution < -0.4 is 5.32 Å². The van der Waals surface area contributed by atoms with E-state index in [1.165, 1.54) is 30.0 Å². The van der Waals surface area contributed by atoms with Crippen LogP contribution in [0.1, 0.15) is 6.42 Å². The average Bonchev–Trinajstić information content (AvgIpc) is 2.41. The molecule has 2 aromatic rings. The summed E-state index contributed by atoms with van der Waals surface area (Å²) < 4.78 is 12.7. The van der Waals surface area contributed by atoms with E-state index >= 15 is 0 Å². The third-order valence-electron chi connectivity index (χ3n) is 2.54. The number of nitrogens with one attached hydrogen (secondary N) is 1. The molecule has 20 heavy (non-hydrogen) atoms. The lowest BCUT2D eigenvalue weighted by atomic mass is 10.3. The van der Waals surface area contributed by atoms with Gasteiger partial charge in [-0.25, -0.2) is 4.39 Å². The summed E-state index contributed by atoms with van der Waals surface area (Å²) in [4.78, 5) is 12.6. The van der Waals surface area contributed by atoms with Crippen LogP contribution in [0.25, 0.3) is 0 Å². The third kappa shape index (κ3) is 4.59. The minimum absolute atomic E-state index is 0.114. The van der Waals surface area contributed by atoms with E-state index in [4.69, 9.17) is 0 Å².